The van der Waals surface area contributed by atoms with E-state index in [-0.39, 0.29) is 24.7 Å². The standard InChI is InChI=1S/C15H24N2O3/c1-4-20-14-7-5-13(6-8-14)12(3)17-15(19)16-11(2)9-10-18/h5-8,11-12,18H,4,9-10H2,1-3H3,(H2,16,17,19)/t11-,12?/m1/s1. The average Bonchev–Trinajstić information content (AvgIpc) is 2.39. The predicted molar refractivity (Wildman–Crippen MR) is 78.9 cm³/mol. The molecule has 0 saturated heterocycles. The van der Waals surface area contributed by atoms with Crippen LogP contribution in [0.1, 0.15) is 38.8 Å². The molecule has 1 aromatic rings. The number of nitrogens with one attached hydrogen (secondary N) is 2. The van der Waals surface area contributed by atoms with E-state index in [1.165, 1.54) is 0 Å². The van der Waals surface area contributed by atoms with E-state index in [4.69, 9.17) is 9.84 Å². The summed E-state index contributed by atoms with van der Waals surface area (Å²) in [4.78, 5) is 11.8. The third kappa shape index (κ3) is 5.48. The monoisotopic (exact) mass is 280 g/mol. The van der Waals surface area contributed by atoms with Crippen LogP contribution in [0.2, 0.25) is 0 Å². The van der Waals surface area contributed by atoms with Gasteiger partial charge in [-0.1, -0.05) is 12.1 Å². The largest absolute Gasteiger partial charge is 0.494 e. The van der Waals surface area contributed by atoms with Crippen LogP contribution in [0.3, 0.4) is 0 Å². The Labute approximate surface area is 120 Å². The number of ether oxygens (including phenoxy) is 1. The number of carbonyl (C=O) groups excluding carboxylic acids is 1. The second-order valence-electron chi connectivity index (χ2n) is 4.75. The van der Waals surface area contributed by atoms with Gasteiger partial charge in [-0.2, -0.15) is 0 Å². The van der Waals surface area contributed by atoms with E-state index in [2.05, 4.69) is 10.6 Å². The van der Waals surface area contributed by atoms with Crippen molar-refractivity contribution in [2.24, 2.45) is 0 Å². The van der Waals surface area contributed by atoms with E-state index in [1.807, 2.05) is 45.0 Å². The van der Waals surface area contributed by atoms with Crippen molar-refractivity contribution >= 4 is 6.03 Å². The highest BCUT2D eigenvalue weighted by molar-refractivity contribution is 5.74. The number of amides is 2. The Morgan fingerprint density at radius 2 is 1.90 bits per heavy atom. The third-order valence-corrected chi connectivity index (χ3v) is 2.98. The minimum atomic E-state index is -0.229. The van der Waals surface area contributed by atoms with Crippen LogP contribution in [0.4, 0.5) is 4.79 Å². The Balaban J connectivity index is 2.48. The molecule has 2 amide bonds. The molecule has 0 saturated carbocycles. The van der Waals surface area contributed by atoms with Gasteiger partial charge in [0.1, 0.15) is 5.75 Å². The van der Waals surface area contributed by atoms with E-state index in [0.29, 0.717) is 13.0 Å². The minimum absolute atomic E-state index is 0.0486. The lowest BCUT2D eigenvalue weighted by atomic mass is 10.1. The molecule has 0 bridgehead atoms. The molecule has 0 spiro atoms. The Kier molecular flexibility index (Phi) is 6.87. The summed E-state index contributed by atoms with van der Waals surface area (Å²) in [5, 5.41) is 14.4. The van der Waals surface area contributed by atoms with Crippen molar-refractivity contribution in [2.45, 2.75) is 39.3 Å². The van der Waals surface area contributed by atoms with E-state index in [1.54, 1.807) is 0 Å². The van der Waals surface area contributed by atoms with E-state index >= 15 is 0 Å². The van der Waals surface area contributed by atoms with Crippen molar-refractivity contribution in [3.05, 3.63) is 29.8 Å². The van der Waals surface area contributed by atoms with Gasteiger partial charge in [0, 0.05) is 12.6 Å². The molecule has 1 aromatic carbocycles. The molecule has 0 fully saturated rings. The zero-order valence-corrected chi connectivity index (χ0v) is 12.3. The van der Waals surface area contributed by atoms with Gasteiger partial charge in [0.15, 0.2) is 0 Å². The lowest BCUT2D eigenvalue weighted by Gasteiger charge is -2.18. The van der Waals surface area contributed by atoms with Crippen LogP contribution < -0.4 is 15.4 Å². The molecule has 1 rings (SSSR count). The fourth-order valence-corrected chi connectivity index (χ4v) is 1.83. The first-order chi connectivity index (χ1) is 9.56. The second kappa shape index (κ2) is 8.43. The van der Waals surface area contributed by atoms with Gasteiger partial charge in [-0.25, -0.2) is 4.79 Å². The molecule has 0 heterocycles. The van der Waals surface area contributed by atoms with Crippen LogP contribution in [0.15, 0.2) is 24.3 Å². The summed E-state index contributed by atoms with van der Waals surface area (Å²) in [5.41, 5.74) is 1.01. The lowest BCUT2D eigenvalue weighted by Crippen LogP contribution is -2.42. The molecule has 0 radical (unpaired) electrons. The van der Waals surface area contributed by atoms with E-state index in [9.17, 15) is 4.79 Å². The van der Waals surface area contributed by atoms with Gasteiger partial charge in [-0.05, 0) is 44.9 Å². The van der Waals surface area contributed by atoms with E-state index < -0.39 is 0 Å². The van der Waals surface area contributed by atoms with Crippen LogP contribution in [0, 0.1) is 0 Å². The van der Waals surface area contributed by atoms with Gasteiger partial charge < -0.3 is 20.5 Å². The Morgan fingerprint density at radius 3 is 2.45 bits per heavy atom. The van der Waals surface area contributed by atoms with Crippen molar-refractivity contribution in [1.29, 1.82) is 0 Å². The molecule has 3 N–H and O–H groups in total. The van der Waals surface area contributed by atoms with Gasteiger partial charge >= 0.3 is 6.03 Å². The van der Waals surface area contributed by atoms with Crippen LogP contribution in [-0.4, -0.2) is 30.4 Å². The van der Waals surface area contributed by atoms with Gasteiger partial charge in [-0.3, -0.25) is 0 Å². The number of carbonyl (C=O) groups is 1. The van der Waals surface area contributed by atoms with Crippen LogP contribution >= 0.6 is 0 Å². The number of aliphatic hydroxyl groups excluding tert-OH is 1. The highest BCUT2D eigenvalue weighted by atomic mass is 16.5. The average molecular weight is 280 g/mol. The Hall–Kier alpha value is -1.75. The number of rotatable bonds is 7. The minimum Gasteiger partial charge on any atom is -0.494 e. The summed E-state index contributed by atoms with van der Waals surface area (Å²) in [5.74, 6) is 0.824. The number of urea groups is 1. The van der Waals surface area contributed by atoms with Crippen molar-refractivity contribution in [1.82, 2.24) is 10.6 Å². The first-order valence-corrected chi connectivity index (χ1v) is 6.97. The fourth-order valence-electron chi connectivity index (χ4n) is 1.83. The first kappa shape index (κ1) is 16.3. The molecule has 2 atom stereocenters. The van der Waals surface area contributed by atoms with Gasteiger partial charge in [0.2, 0.25) is 0 Å². The first-order valence-electron chi connectivity index (χ1n) is 6.97. The molecule has 0 aliphatic rings. The van der Waals surface area contributed by atoms with Crippen molar-refractivity contribution in [3.63, 3.8) is 0 Å². The zero-order valence-electron chi connectivity index (χ0n) is 12.3. The van der Waals surface area contributed by atoms with Gasteiger partial charge in [0.05, 0.1) is 12.6 Å². The predicted octanol–water partition coefficient (Wildman–Crippen LogP) is 2.22. The van der Waals surface area contributed by atoms with Gasteiger partial charge in [-0.15, -0.1) is 0 Å². The molecule has 1 unspecified atom stereocenters. The maximum absolute atomic E-state index is 11.8. The van der Waals surface area contributed by atoms with Crippen molar-refractivity contribution < 1.29 is 14.6 Å². The molecular formula is C15H24N2O3. The number of aliphatic hydroxyl groups is 1. The van der Waals surface area contributed by atoms with Gasteiger partial charge in [0.25, 0.3) is 0 Å². The fraction of sp³-hybridized carbons (Fsp3) is 0.533. The highest BCUT2D eigenvalue weighted by Gasteiger charge is 2.11. The molecule has 112 valence electrons. The third-order valence-electron chi connectivity index (χ3n) is 2.98. The number of benzene rings is 1. The molecule has 5 heteroatoms. The highest BCUT2D eigenvalue weighted by Crippen LogP contribution is 2.17. The van der Waals surface area contributed by atoms with Crippen molar-refractivity contribution in [2.75, 3.05) is 13.2 Å². The SMILES string of the molecule is CCOc1ccc(C(C)NC(=O)N[C@H](C)CCO)cc1. The molecule has 0 aromatic heterocycles. The maximum Gasteiger partial charge on any atom is 0.315 e. The molecule has 0 aliphatic heterocycles. The normalized spacial score (nSPS) is 13.4. The summed E-state index contributed by atoms with van der Waals surface area (Å²) in [7, 11) is 0. The molecular weight excluding hydrogens is 256 g/mol. The summed E-state index contributed by atoms with van der Waals surface area (Å²) < 4.78 is 5.38. The smallest absolute Gasteiger partial charge is 0.315 e. The number of hydrogen-bond acceptors (Lipinski definition) is 3. The van der Waals surface area contributed by atoms with Crippen LogP contribution in [0.5, 0.6) is 5.75 Å². The van der Waals surface area contributed by atoms with Crippen molar-refractivity contribution in [3.8, 4) is 5.75 Å². The van der Waals surface area contributed by atoms with Crippen LogP contribution in [0.25, 0.3) is 0 Å². The summed E-state index contributed by atoms with van der Waals surface area (Å²) in [6.45, 7) is 6.42. The lowest BCUT2D eigenvalue weighted by molar-refractivity contribution is 0.228. The summed E-state index contributed by atoms with van der Waals surface area (Å²) in [6, 6.07) is 7.29. The Morgan fingerprint density at radius 1 is 1.25 bits per heavy atom. The van der Waals surface area contributed by atoms with Crippen LogP contribution in [-0.2, 0) is 0 Å². The molecule has 5 nitrogen and oxygen atoms in total. The second-order valence-corrected chi connectivity index (χ2v) is 4.75. The maximum atomic E-state index is 11.8. The number of hydrogen-bond donors (Lipinski definition) is 3. The Bertz CT molecular complexity index is 406. The summed E-state index contributed by atoms with van der Waals surface area (Å²) >= 11 is 0. The molecule has 0 aliphatic carbocycles. The summed E-state index contributed by atoms with van der Waals surface area (Å²) in [6.07, 6.45) is 0.546. The van der Waals surface area contributed by atoms with E-state index in [0.717, 1.165) is 11.3 Å². The topological polar surface area (TPSA) is 70.6 Å². The molecule has 20 heavy (non-hydrogen) atoms. The zero-order chi connectivity index (χ0) is 15.0. The quantitative estimate of drug-likeness (QED) is 0.717.